The van der Waals surface area contributed by atoms with Crippen molar-refractivity contribution in [1.82, 2.24) is 5.32 Å². The van der Waals surface area contributed by atoms with Crippen LogP contribution >= 0.6 is 0 Å². The van der Waals surface area contributed by atoms with Gasteiger partial charge in [-0.25, -0.2) is 0 Å². The van der Waals surface area contributed by atoms with Gasteiger partial charge < -0.3 is 16.2 Å². The summed E-state index contributed by atoms with van der Waals surface area (Å²) in [6.45, 7) is 4.53. The van der Waals surface area contributed by atoms with Gasteiger partial charge >= 0.3 is 0 Å². The first-order valence-corrected chi connectivity index (χ1v) is 7.65. The summed E-state index contributed by atoms with van der Waals surface area (Å²) >= 11 is 0. The maximum atomic E-state index is 12.5. The molecule has 1 saturated carbocycles. The minimum absolute atomic E-state index is 0.00741. The molecular formula is C17H26N2O2. The second kappa shape index (κ2) is 6.06. The lowest BCUT2D eigenvalue weighted by molar-refractivity contribution is -0.126. The highest BCUT2D eigenvalue weighted by Crippen LogP contribution is 2.37. The van der Waals surface area contributed by atoms with Crippen LogP contribution in [0.25, 0.3) is 0 Å². The lowest BCUT2D eigenvalue weighted by Crippen LogP contribution is -2.45. The number of hydrogen-bond acceptors (Lipinski definition) is 3. The van der Waals surface area contributed by atoms with Gasteiger partial charge in [0.05, 0.1) is 12.0 Å². The summed E-state index contributed by atoms with van der Waals surface area (Å²) < 4.78 is 0. The van der Waals surface area contributed by atoms with Crippen LogP contribution in [0, 0.1) is 5.41 Å². The van der Waals surface area contributed by atoms with E-state index in [-0.39, 0.29) is 17.9 Å². The predicted octanol–water partition coefficient (Wildman–Crippen LogP) is 2.22. The van der Waals surface area contributed by atoms with Gasteiger partial charge in [-0.3, -0.25) is 4.79 Å². The molecule has 1 fully saturated rings. The van der Waals surface area contributed by atoms with Gasteiger partial charge in [0, 0.05) is 17.6 Å². The zero-order valence-corrected chi connectivity index (χ0v) is 13.0. The average molecular weight is 290 g/mol. The molecule has 0 aromatic heterocycles. The van der Waals surface area contributed by atoms with Crippen LogP contribution in [0.15, 0.2) is 24.3 Å². The number of aliphatic hydroxyl groups excluding tert-OH is 1. The topological polar surface area (TPSA) is 75.3 Å². The van der Waals surface area contributed by atoms with Crippen LogP contribution in [0.5, 0.6) is 0 Å². The molecule has 0 heterocycles. The molecule has 0 spiro atoms. The molecule has 0 atom stereocenters. The third kappa shape index (κ3) is 3.38. The Hall–Kier alpha value is -1.55. The van der Waals surface area contributed by atoms with Gasteiger partial charge in [0.2, 0.25) is 5.91 Å². The van der Waals surface area contributed by atoms with Crippen LogP contribution in [0.1, 0.15) is 45.1 Å². The Morgan fingerprint density at radius 1 is 1.29 bits per heavy atom. The molecule has 2 rings (SSSR count). The first-order valence-electron chi connectivity index (χ1n) is 7.65. The van der Waals surface area contributed by atoms with E-state index in [2.05, 4.69) is 5.32 Å². The molecule has 0 saturated heterocycles. The third-order valence-electron chi connectivity index (χ3n) is 4.82. The zero-order valence-electron chi connectivity index (χ0n) is 13.0. The van der Waals surface area contributed by atoms with E-state index >= 15 is 0 Å². The Labute approximate surface area is 126 Å². The van der Waals surface area contributed by atoms with E-state index in [1.54, 1.807) is 0 Å². The first kappa shape index (κ1) is 15.8. The molecule has 1 aliphatic rings. The van der Waals surface area contributed by atoms with E-state index in [4.69, 9.17) is 5.73 Å². The Bertz CT molecular complexity index is 488. The van der Waals surface area contributed by atoms with Gasteiger partial charge in [-0.05, 0) is 44.4 Å². The summed E-state index contributed by atoms with van der Waals surface area (Å²) in [5.74, 6) is -0.00741. The molecule has 4 N–H and O–H groups in total. The van der Waals surface area contributed by atoms with Gasteiger partial charge in [0.1, 0.15) is 0 Å². The number of anilines is 1. The van der Waals surface area contributed by atoms with Gasteiger partial charge in [-0.1, -0.05) is 25.0 Å². The van der Waals surface area contributed by atoms with Crippen molar-refractivity contribution >= 4 is 11.6 Å². The molecule has 1 amide bonds. The number of nitrogens with one attached hydrogen (secondary N) is 1. The number of rotatable bonds is 5. The second-order valence-corrected chi connectivity index (χ2v) is 6.79. The molecule has 1 aromatic rings. The fourth-order valence-electron chi connectivity index (χ4n) is 3.04. The second-order valence-electron chi connectivity index (χ2n) is 6.79. The summed E-state index contributed by atoms with van der Waals surface area (Å²) in [5, 5.41) is 12.7. The Morgan fingerprint density at radius 3 is 2.38 bits per heavy atom. The summed E-state index contributed by atoms with van der Waals surface area (Å²) in [6.07, 6.45) is 4.26. The monoisotopic (exact) mass is 290 g/mol. The number of nitrogens with two attached hydrogens (primary N) is 1. The smallest absolute Gasteiger partial charge is 0.230 e. The zero-order chi connectivity index (χ0) is 15.5. The summed E-state index contributed by atoms with van der Waals surface area (Å²) in [6, 6.07) is 7.42. The molecule has 0 aliphatic heterocycles. The number of nitrogen functional groups attached to an aromatic ring is 1. The molecule has 1 aliphatic carbocycles. The van der Waals surface area contributed by atoms with Crippen LogP contribution in [-0.4, -0.2) is 24.2 Å². The van der Waals surface area contributed by atoms with Crippen LogP contribution in [0.3, 0.4) is 0 Å². The van der Waals surface area contributed by atoms with Crippen LogP contribution in [-0.2, 0) is 10.2 Å². The molecule has 4 nitrogen and oxygen atoms in total. The minimum atomic E-state index is -0.608. The van der Waals surface area contributed by atoms with Crippen LogP contribution in [0.2, 0.25) is 0 Å². The highest BCUT2D eigenvalue weighted by molar-refractivity contribution is 5.87. The molecule has 0 radical (unpaired) electrons. The van der Waals surface area contributed by atoms with E-state index in [0.29, 0.717) is 12.2 Å². The maximum absolute atomic E-state index is 12.5. The Balaban J connectivity index is 2.03. The van der Waals surface area contributed by atoms with Gasteiger partial charge in [0.15, 0.2) is 0 Å². The summed E-state index contributed by atoms with van der Waals surface area (Å²) in [5.41, 5.74) is 6.61. The van der Waals surface area contributed by atoms with E-state index in [0.717, 1.165) is 31.2 Å². The first-order chi connectivity index (χ1) is 9.89. The number of benzene rings is 1. The third-order valence-corrected chi connectivity index (χ3v) is 4.82. The van der Waals surface area contributed by atoms with Gasteiger partial charge in [-0.15, -0.1) is 0 Å². The van der Waals surface area contributed by atoms with Gasteiger partial charge in [-0.2, -0.15) is 0 Å². The van der Waals surface area contributed by atoms with Crippen LogP contribution in [0.4, 0.5) is 5.69 Å². The molecule has 21 heavy (non-hydrogen) atoms. The van der Waals surface area contributed by atoms with Gasteiger partial charge in [0.25, 0.3) is 0 Å². The van der Waals surface area contributed by atoms with Crippen molar-refractivity contribution in [1.29, 1.82) is 0 Å². The van der Waals surface area contributed by atoms with Crippen LogP contribution < -0.4 is 11.1 Å². The summed E-state index contributed by atoms with van der Waals surface area (Å²) in [7, 11) is 0. The standard InChI is InChI=1S/C17H26N2O2/c1-16(2,13-5-7-14(18)8-6-13)15(21)19-11-17(12-20)9-3-4-10-17/h5-8,20H,3-4,9-12,18H2,1-2H3,(H,19,21). The number of carbonyl (C=O) groups is 1. The number of hydrogen-bond donors (Lipinski definition) is 3. The predicted molar refractivity (Wildman–Crippen MR) is 84.9 cm³/mol. The normalized spacial score (nSPS) is 17.7. The Morgan fingerprint density at radius 2 is 1.86 bits per heavy atom. The van der Waals surface area contributed by atoms with E-state index in [1.807, 2.05) is 38.1 Å². The highest BCUT2D eigenvalue weighted by Gasteiger charge is 2.36. The number of carbonyl (C=O) groups excluding carboxylic acids is 1. The largest absolute Gasteiger partial charge is 0.399 e. The molecule has 4 heteroatoms. The van der Waals surface area contributed by atoms with Crippen molar-refractivity contribution in [2.75, 3.05) is 18.9 Å². The fourth-order valence-corrected chi connectivity index (χ4v) is 3.04. The van der Waals surface area contributed by atoms with Crippen molar-refractivity contribution in [3.8, 4) is 0 Å². The quantitative estimate of drug-likeness (QED) is 0.728. The molecule has 0 bridgehead atoms. The van der Waals surface area contributed by atoms with E-state index in [9.17, 15) is 9.90 Å². The summed E-state index contributed by atoms with van der Waals surface area (Å²) in [4.78, 5) is 12.5. The molecule has 1 aromatic carbocycles. The van der Waals surface area contributed by atoms with Crippen molar-refractivity contribution in [3.05, 3.63) is 29.8 Å². The molecule has 116 valence electrons. The lowest BCUT2D eigenvalue weighted by Gasteiger charge is -2.30. The van der Waals surface area contributed by atoms with E-state index in [1.165, 1.54) is 0 Å². The number of amides is 1. The molecule has 0 unspecified atom stereocenters. The maximum Gasteiger partial charge on any atom is 0.230 e. The fraction of sp³-hybridized carbons (Fsp3) is 0.588. The van der Waals surface area contributed by atoms with Crippen molar-refractivity contribution < 1.29 is 9.90 Å². The van der Waals surface area contributed by atoms with Crippen molar-refractivity contribution in [2.45, 2.75) is 44.9 Å². The Kier molecular flexibility index (Phi) is 4.57. The van der Waals surface area contributed by atoms with Crippen molar-refractivity contribution in [2.24, 2.45) is 5.41 Å². The van der Waals surface area contributed by atoms with E-state index < -0.39 is 5.41 Å². The lowest BCUT2D eigenvalue weighted by atomic mass is 9.82. The average Bonchev–Trinajstić information content (AvgIpc) is 2.94. The van der Waals surface area contributed by atoms with Crippen molar-refractivity contribution in [3.63, 3.8) is 0 Å². The minimum Gasteiger partial charge on any atom is -0.399 e. The highest BCUT2D eigenvalue weighted by atomic mass is 16.3. The molecular weight excluding hydrogens is 264 g/mol. The number of aliphatic hydroxyl groups is 1. The SMILES string of the molecule is CC(C)(C(=O)NCC1(CO)CCCC1)c1ccc(N)cc1.